The zero-order valence-corrected chi connectivity index (χ0v) is 13.6. The number of nitrogens with zero attached hydrogens (tertiary/aromatic N) is 1. The Labute approximate surface area is 120 Å². The third-order valence-corrected chi connectivity index (χ3v) is 3.30. The average molecular weight is 314 g/mol. The Bertz CT molecular complexity index is 346. The number of aromatic nitrogens is 1. The number of pyridine rings is 1. The Morgan fingerprint density at radius 2 is 2.00 bits per heavy atom. The Morgan fingerprint density at radius 1 is 1.39 bits per heavy atom. The van der Waals surface area contributed by atoms with E-state index in [-0.39, 0.29) is 0 Å². The number of rotatable bonds is 5. The Hall–Kier alpha value is -0.830. The van der Waals surface area contributed by atoms with E-state index in [2.05, 4.69) is 41.3 Å². The minimum absolute atomic E-state index is 0.308. The summed E-state index contributed by atoms with van der Waals surface area (Å²) in [6.45, 7) is 12.5. The maximum Gasteiger partial charge on any atom is 0.212 e. The highest BCUT2D eigenvalue weighted by molar-refractivity contribution is 9.09. The van der Waals surface area contributed by atoms with Gasteiger partial charge in [-0.05, 0) is 29.5 Å². The van der Waals surface area contributed by atoms with Crippen molar-refractivity contribution in [1.29, 1.82) is 0 Å². The van der Waals surface area contributed by atoms with Crippen molar-refractivity contribution in [1.82, 2.24) is 4.98 Å². The summed E-state index contributed by atoms with van der Waals surface area (Å²) in [4.78, 5) is 4.48. The first-order chi connectivity index (χ1) is 8.54. The standard InChI is InChI=1S/C13H18BrNO.C2H6/c1-9(2)7-12(14)10(3)11-5-6-13(16-4)15-8-11;1-2/h5-6,8-9,12H,3,7H2,1-2,4H3;1-2H3. The number of allylic oxidation sites excluding steroid dienone is 1. The zero-order valence-electron chi connectivity index (χ0n) is 12.0. The summed E-state index contributed by atoms with van der Waals surface area (Å²) in [6.07, 6.45) is 2.88. The minimum Gasteiger partial charge on any atom is -0.481 e. The topological polar surface area (TPSA) is 22.1 Å². The van der Waals surface area contributed by atoms with E-state index in [0.29, 0.717) is 16.6 Å². The summed E-state index contributed by atoms with van der Waals surface area (Å²) in [7, 11) is 1.61. The van der Waals surface area contributed by atoms with E-state index in [9.17, 15) is 0 Å². The summed E-state index contributed by atoms with van der Waals surface area (Å²) in [5.74, 6) is 1.28. The van der Waals surface area contributed by atoms with Crippen molar-refractivity contribution in [2.75, 3.05) is 7.11 Å². The highest BCUT2D eigenvalue weighted by Gasteiger charge is 2.12. The van der Waals surface area contributed by atoms with Crippen molar-refractivity contribution < 1.29 is 4.74 Å². The first-order valence-electron chi connectivity index (χ1n) is 6.38. The van der Waals surface area contributed by atoms with Crippen LogP contribution < -0.4 is 4.74 Å². The molecule has 1 atom stereocenters. The monoisotopic (exact) mass is 313 g/mol. The second-order valence-electron chi connectivity index (χ2n) is 4.21. The van der Waals surface area contributed by atoms with Crippen molar-refractivity contribution in [3.8, 4) is 5.88 Å². The molecule has 0 saturated carbocycles. The van der Waals surface area contributed by atoms with E-state index in [1.807, 2.05) is 26.0 Å². The molecular formula is C15H24BrNO. The Balaban J connectivity index is 0.00000137. The first-order valence-corrected chi connectivity index (χ1v) is 7.29. The Morgan fingerprint density at radius 3 is 2.39 bits per heavy atom. The molecule has 2 nitrogen and oxygen atoms in total. The van der Waals surface area contributed by atoms with Gasteiger partial charge in [0.15, 0.2) is 0 Å². The van der Waals surface area contributed by atoms with Crippen LogP contribution in [0.25, 0.3) is 5.57 Å². The highest BCUT2D eigenvalue weighted by Crippen LogP contribution is 2.27. The van der Waals surface area contributed by atoms with Gasteiger partial charge in [0.25, 0.3) is 0 Å². The van der Waals surface area contributed by atoms with E-state index in [1.165, 1.54) is 0 Å². The lowest BCUT2D eigenvalue weighted by Crippen LogP contribution is -2.05. The molecule has 1 aromatic rings. The van der Waals surface area contributed by atoms with Crippen LogP contribution >= 0.6 is 15.9 Å². The van der Waals surface area contributed by atoms with Gasteiger partial charge < -0.3 is 4.74 Å². The fraction of sp³-hybridized carbons (Fsp3) is 0.533. The molecule has 1 heterocycles. The van der Waals surface area contributed by atoms with Crippen molar-refractivity contribution >= 4 is 21.5 Å². The van der Waals surface area contributed by atoms with E-state index < -0.39 is 0 Å². The summed E-state index contributed by atoms with van der Waals surface area (Å²) in [5, 5.41) is 0. The minimum atomic E-state index is 0.308. The number of ether oxygens (including phenoxy) is 1. The molecule has 0 aliphatic carbocycles. The number of halogens is 1. The molecule has 1 rings (SSSR count). The lowest BCUT2D eigenvalue weighted by Gasteiger charge is -2.15. The van der Waals surface area contributed by atoms with Gasteiger partial charge in [0.2, 0.25) is 5.88 Å². The average Bonchev–Trinajstić information content (AvgIpc) is 2.39. The van der Waals surface area contributed by atoms with Crippen LogP contribution in [0.5, 0.6) is 5.88 Å². The molecule has 0 radical (unpaired) electrons. The van der Waals surface area contributed by atoms with E-state index >= 15 is 0 Å². The van der Waals surface area contributed by atoms with Gasteiger partial charge in [-0.3, -0.25) is 0 Å². The number of hydrogen-bond acceptors (Lipinski definition) is 2. The maximum atomic E-state index is 5.02. The van der Waals surface area contributed by atoms with Crippen LogP contribution in [-0.2, 0) is 0 Å². The van der Waals surface area contributed by atoms with Gasteiger partial charge >= 0.3 is 0 Å². The summed E-state index contributed by atoms with van der Waals surface area (Å²) in [6, 6.07) is 3.85. The molecule has 0 N–H and O–H groups in total. The number of hydrogen-bond donors (Lipinski definition) is 0. The second-order valence-corrected chi connectivity index (χ2v) is 5.32. The molecule has 0 aromatic carbocycles. The molecule has 0 amide bonds. The van der Waals surface area contributed by atoms with E-state index in [1.54, 1.807) is 13.3 Å². The quantitative estimate of drug-likeness (QED) is 0.718. The van der Waals surface area contributed by atoms with Crippen molar-refractivity contribution in [2.24, 2.45) is 5.92 Å². The molecule has 1 aromatic heterocycles. The second kappa shape index (κ2) is 9.15. The van der Waals surface area contributed by atoms with Gasteiger partial charge in [-0.1, -0.05) is 50.2 Å². The van der Waals surface area contributed by atoms with Gasteiger partial charge in [-0.25, -0.2) is 4.98 Å². The summed E-state index contributed by atoms with van der Waals surface area (Å²) >= 11 is 3.66. The fourth-order valence-corrected chi connectivity index (χ4v) is 2.44. The van der Waals surface area contributed by atoms with Crippen LogP contribution in [0.15, 0.2) is 24.9 Å². The highest BCUT2D eigenvalue weighted by atomic mass is 79.9. The van der Waals surface area contributed by atoms with Gasteiger partial charge in [-0.15, -0.1) is 0 Å². The Kier molecular flexibility index (Phi) is 8.73. The van der Waals surface area contributed by atoms with Crippen molar-refractivity contribution in [3.63, 3.8) is 0 Å². The van der Waals surface area contributed by atoms with Crippen LogP contribution in [0.4, 0.5) is 0 Å². The van der Waals surface area contributed by atoms with E-state index in [4.69, 9.17) is 4.74 Å². The van der Waals surface area contributed by atoms with Crippen LogP contribution in [0.2, 0.25) is 0 Å². The van der Waals surface area contributed by atoms with Crippen LogP contribution in [0.3, 0.4) is 0 Å². The number of methoxy groups -OCH3 is 1. The third kappa shape index (κ3) is 5.67. The largest absolute Gasteiger partial charge is 0.481 e. The van der Waals surface area contributed by atoms with Crippen LogP contribution in [0, 0.1) is 5.92 Å². The van der Waals surface area contributed by atoms with Crippen LogP contribution in [-0.4, -0.2) is 16.9 Å². The molecule has 3 heteroatoms. The molecule has 0 fully saturated rings. The molecule has 1 unspecified atom stereocenters. The molecule has 0 saturated heterocycles. The normalized spacial score (nSPS) is 11.5. The number of alkyl halides is 1. The predicted molar refractivity (Wildman–Crippen MR) is 83.3 cm³/mol. The van der Waals surface area contributed by atoms with Crippen molar-refractivity contribution in [2.45, 2.75) is 38.9 Å². The summed E-state index contributed by atoms with van der Waals surface area (Å²) in [5.41, 5.74) is 2.13. The smallest absolute Gasteiger partial charge is 0.212 e. The van der Waals surface area contributed by atoms with Crippen molar-refractivity contribution in [3.05, 3.63) is 30.5 Å². The summed E-state index contributed by atoms with van der Waals surface area (Å²) < 4.78 is 5.02. The van der Waals surface area contributed by atoms with Gasteiger partial charge in [0.05, 0.1) is 7.11 Å². The molecule has 18 heavy (non-hydrogen) atoms. The molecular weight excluding hydrogens is 290 g/mol. The molecule has 102 valence electrons. The fourth-order valence-electron chi connectivity index (χ4n) is 1.43. The first kappa shape index (κ1) is 17.2. The lowest BCUT2D eigenvalue weighted by atomic mass is 9.99. The van der Waals surface area contributed by atoms with E-state index in [0.717, 1.165) is 17.6 Å². The molecule has 0 aliphatic heterocycles. The van der Waals surface area contributed by atoms with Gasteiger partial charge in [0.1, 0.15) is 0 Å². The zero-order chi connectivity index (χ0) is 14.1. The van der Waals surface area contributed by atoms with Gasteiger partial charge in [-0.2, -0.15) is 0 Å². The molecule has 0 spiro atoms. The third-order valence-electron chi connectivity index (χ3n) is 2.37. The molecule has 0 bridgehead atoms. The predicted octanol–water partition coefficient (Wildman–Crippen LogP) is 4.94. The maximum absolute atomic E-state index is 5.02. The van der Waals surface area contributed by atoms with Gasteiger partial charge in [0, 0.05) is 17.1 Å². The lowest BCUT2D eigenvalue weighted by molar-refractivity contribution is 0.398. The van der Waals surface area contributed by atoms with Crippen LogP contribution in [0.1, 0.15) is 39.7 Å². The SMILES string of the molecule is C=C(c1ccc(OC)nc1)C(Br)CC(C)C.CC. The molecule has 0 aliphatic rings.